The highest BCUT2D eigenvalue weighted by Crippen LogP contribution is 2.00. The van der Waals surface area contributed by atoms with Gasteiger partial charge in [-0.3, -0.25) is 10.6 Å². The zero-order valence-electron chi connectivity index (χ0n) is 8.14. The van der Waals surface area contributed by atoms with E-state index in [0.717, 1.165) is 5.56 Å². The van der Waals surface area contributed by atoms with Crippen molar-refractivity contribution in [2.24, 2.45) is 5.84 Å². The number of likely N-dealkylation sites (N-methyl/N-ethyl adjacent to an activating group) is 1. The average Bonchev–Trinajstić information content (AvgIpc) is 2.15. The average molecular weight is 194 g/mol. The maximum atomic E-state index is 11.1. The van der Waals surface area contributed by atoms with Crippen LogP contribution in [0.3, 0.4) is 0 Å². The molecule has 0 unspecified atom stereocenters. The molecule has 4 heteroatoms. The zero-order chi connectivity index (χ0) is 10.4. The Morgan fingerprint density at radius 2 is 2.07 bits per heavy atom. The van der Waals surface area contributed by atoms with Crippen LogP contribution in [0.2, 0.25) is 0 Å². The van der Waals surface area contributed by atoms with Crippen molar-refractivity contribution in [2.75, 3.05) is 13.6 Å². The fourth-order valence-electron chi connectivity index (χ4n) is 0.987. The number of hydrogen-bond acceptors (Lipinski definition) is 4. The predicted octanol–water partition coefficient (Wildman–Crippen LogP) is 0.535. The smallest absolute Gasteiger partial charge is 0.321 e. The van der Waals surface area contributed by atoms with Crippen molar-refractivity contribution in [1.82, 2.24) is 5.01 Å². The number of rotatable bonds is 4. The number of benzene rings is 1. The molecule has 0 aromatic heterocycles. The Hall–Kier alpha value is -1.39. The van der Waals surface area contributed by atoms with Crippen LogP contribution in [-0.4, -0.2) is 24.6 Å². The standard InChI is InChI=1S/C10H14N2O2/c1-12(11)7-10(13)14-8-9-5-3-2-4-6-9/h2-6H,7-8,11H2,1H3. The summed E-state index contributed by atoms with van der Waals surface area (Å²) < 4.78 is 4.98. The Morgan fingerprint density at radius 3 is 2.64 bits per heavy atom. The molecule has 0 radical (unpaired) electrons. The molecule has 4 nitrogen and oxygen atoms in total. The van der Waals surface area contributed by atoms with Crippen LogP contribution in [0.25, 0.3) is 0 Å². The summed E-state index contributed by atoms with van der Waals surface area (Å²) in [4.78, 5) is 11.1. The highest BCUT2D eigenvalue weighted by atomic mass is 16.5. The van der Waals surface area contributed by atoms with Gasteiger partial charge in [0, 0.05) is 7.05 Å². The van der Waals surface area contributed by atoms with Crippen molar-refractivity contribution in [3.8, 4) is 0 Å². The molecule has 0 bridgehead atoms. The van der Waals surface area contributed by atoms with Crippen molar-refractivity contribution in [2.45, 2.75) is 6.61 Å². The Labute approximate surface area is 83.2 Å². The van der Waals surface area contributed by atoms with Crippen LogP contribution < -0.4 is 5.84 Å². The highest BCUT2D eigenvalue weighted by molar-refractivity contribution is 5.71. The van der Waals surface area contributed by atoms with Gasteiger partial charge in [-0.25, -0.2) is 5.01 Å². The molecule has 1 aromatic rings. The lowest BCUT2D eigenvalue weighted by atomic mass is 10.2. The van der Waals surface area contributed by atoms with Crippen LogP contribution in [0.15, 0.2) is 30.3 Å². The Morgan fingerprint density at radius 1 is 1.43 bits per heavy atom. The topological polar surface area (TPSA) is 55.6 Å². The molecule has 0 saturated carbocycles. The van der Waals surface area contributed by atoms with Crippen LogP contribution >= 0.6 is 0 Å². The van der Waals surface area contributed by atoms with Gasteiger partial charge in [0.1, 0.15) is 13.2 Å². The Balaban J connectivity index is 2.31. The predicted molar refractivity (Wildman–Crippen MR) is 53.1 cm³/mol. The lowest BCUT2D eigenvalue weighted by Crippen LogP contribution is -2.32. The molecule has 14 heavy (non-hydrogen) atoms. The van der Waals surface area contributed by atoms with Gasteiger partial charge in [0.05, 0.1) is 0 Å². The first kappa shape index (κ1) is 10.7. The summed E-state index contributed by atoms with van der Waals surface area (Å²) in [6.07, 6.45) is 0. The molecule has 0 fully saturated rings. The van der Waals surface area contributed by atoms with Crippen molar-refractivity contribution < 1.29 is 9.53 Å². The van der Waals surface area contributed by atoms with E-state index in [4.69, 9.17) is 10.6 Å². The summed E-state index contributed by atoms with van der Waals surface area (Å²) in [5.74, 6) is 4.97. The van der Waals surface area contributed by atoms with E-state index < -0.39 is 0 Å². The number of ether oxygens (including phenoxy) is 1. The molecule has 0 aliphatic heterocycles. The zero-order valence-corrected chi connectivity index (χ0v) is 8.14. The molecule has 1 aromatic carbocycles. The fourth-order valence-corrected chi connectivity index (χ4v) is 0.987. The van der Waals surface area contributed by atoms with Gasteiger partial charge in [0.2, 0.25) is 0 Å². The van der Waals surface area contributed by atoms with Gasteiger partial charge in [-0.2, -0.15) is 0 Å². The third-order valence-corrected chi connectivity index (χ3v) is 1.62. The van der Waals surface area contributed by atoms with Gasteiger partial charge in [-0.15, -0.1) is 0 Å². The number of carbonyl (C=O) groups is 1. The van der Waals surface area contributed by atoms with Crippen LogP contribution in [0.4, 0.5) is 0 Å². The normalized spacial score (nSPS) is 10.2. The minimum absolute atomic E-state index is 0.104. The van der Waals surface area contributed by atoms with Crippen molar-refractivity contribution >= 4 is 5.97 Å². The quantitative estimate of drug-likeness (QED) is 0.431. The molecule has 2 N–H and O–H groups in total. The number of nitrogens with two attached hydrogens (primary N) is 1. The molecule has 0 spiro atoms. The van der Waals surface area contributed by atoms with E-state index >= 15 is 0 Å². The second kappa shape index (κ2) is 5.36. The Kier molecular flexibility index (Phi) is 4.10. The van der Waals surface area contributed by atoms with Gasteiger partial charge in [-0.1, -0.05) is 30.3 Å². The van der Waals surface area contributed by atoms with Gasteiger partial charge in [0.25, 0.3) is 0 Å². The number of nitrogens with zero attached hydrogens (tertiary/aromatic N) is 1. The van der Waals surface area contributed by atoms with Gasteiger partial charge >= 0.3 is 5.97 Å². The lowest BCUT2D eigenvalue weighted by molar-refractivity contribution is -0.145. The van der Waals surface area contributed by atoms with E-state index in [1.165, 1.54) is 5.01 Å². The first-order chi connectivity index (χ1) is 6.68. The van der Waals surface area contributed by atoms with E-state index in [1.807, 2.05) is 30.3 Å². The van der Waals surface area contributed by atoms with Crippen LogP contribution in [0.5, 0.6) is 0 Å². The molecule has 0 heterocycles. The highest BCUT2D eigenvalue weighted by Gasteiger charge is 2.04. The molecule has 0 aliphatic rings. The van der Waals surface area contributed by atoms with E-state index in [2.05, 4.69) is 0 Å². The van der Waals surface area contributed by atoms with Crippen molar-refractivity contribution in [1.29, 1.82) is 0 Å². The summed E-state index contributed by atoms with van der Waals surface area (Å²) >= 11 is 0. The number of hydrogen-bond donors (Lipinski definition) is 1. The minimum atomic E-state index is -0.321. The third-order valence-electron chi connectivity index (χ3n) is 1.62. The summed E-state index contributed by atoms with van der Waals surface area (Å²) in [5.41, 5.74) is 0.973. The molecule has 0 amide bonds. The van der Waals surface area contributed by atoms with E-state index in [-0.39, 0.29) is 12.5 Å². The van der Waals surface area contributed by atoms with Crippen LogP contribution in [0, 0.1) is 0 Å². The van der Waals surface area contributed by atoms with Crippen LogP contribution in [-0.2, 0) is 16.1 Å². The second-order valence-corrected chi connectivity index (χ2v) is 3.06. The van der Waals surface area contributed by atoms with E-state index in [0.29, 0.717) is 6.61 Å². The molecule has 0 saturated heterocycles. The first-order valence-electron chi connectivity index (χ1n) is 4.34. The monoisotopic (exact) mass is 194 g/mol. The molecule has 76 valence electrons. The molecule has 0 aliphatic carbocycles. The molecule has 0 atom stereocenters. The van der Waals surface area contributed by atoms with Gasteiger partial charge in [-0.05, 0) is 5.56 Å². The maximum Gasteiger partial charge on any atom is 0.321 e. The van der Waals surface area contributed by atoms with E-state index in [1.54, 1.807) is 7.05 Å². The van der Waals surface area contributed by atoms with Gasteiger partial charge < -0.3 is 4.74 Å². The Bertz CT molecular complexity index is 285. The second-order valence-electron chi connectivity index (χ2n) is 3.06. The number of carbonyl (C=O) groups excluding carboxylic acids is 1. The van der Waals surface area contributed by atoms with Crippen molar-refractivity contribution in [3.05, 3.63) is 35.9 Å². The number of esters is 1. The molecule has 1 rings (SSSR count). The molecular formula is C10H14N2O2. The van der Waals surface area contributed by atoms with E-state index in [9.17, 15) is 4.79 Å². The third kappa shape index (κ3) is 4.02. The molecular weight excluding hydrogens is 180 g/mol. The van der Waals surface area contributed by atoms with Crippen molar-refractivity contribution in [3.63, 3.8) is 0 Å². The minimum Gasteiger partial charge on any atom is -0.460 e. The SMILES string of the molecule is CN(N)CC(=O)OCc1ccccc1. The summed E-state index contributed by atoms with van der Waals surface area (Å²) in [6.45, 7) is 0.403. The lowest BCUT2D eigenvalue weighted by Gasteiger charge is -2.09. The summed E-state index contributed by atoms with van der Waals surface area (Å²) in [6, 6.07) is 9.52. The summed E-state index contributed by atoms with van der Waals surface area (Å²) in [7, 11) is 1.61. The largest absolute Gasteiger partial charge is 0.460 e. The van der Waals surface area contributed by atoms with Gasteiger partial charge in [0.15, 0.2) is 0 Å². The first-order valence-corrected chi connectivity index (χ1v) is 4.34. The number of hydrazine groups is 1. The van der Waals surface area contributed by atoms with Crippen LogP contribution in [0.1, 0.15) is 5.56 Å². The summed E-state index contributed by atoms with van der Waals surface area (Å²) in [5, 5.41) is 1.29. The maximum absolute atomic E-state index is 11.1. The fraction of sp³-hybridized carbons (Fsp3) is 0.300.